The molecule has 1 unspecified atom stereocenters. The maximum atomic E-state index is 14.4. The zero-order valence-corrected chi connectivity index (χ0v) is 31.6. The number of ketones is 1. The number of nitrogens with two attached hydrogens (primary N) is 1. The largest absolute Gasteiger partial charge is 0.363 e. The predicted octanol–water partition coefficient (Wildman–Crippen LogP) is 3.77. The lowest BCUT2D eigenvalue weighted by Crippen LogP contribution is -2.63. The van der Waals surface area contributed by atoms with E-state index in [0.29, 0.717) is 12.8 Å². The van der Waals surface area contributed by atoms with Crippen LogP contribution in [-0.4, -0.2) is 71.1 Å². The lowest BCUT2D eigenvalue weighted by molar-refractivity contribution is -0.144. The number of hydrogen-bond acceptors (Lipinski definition) is 6. The average molecular weight is 697 g/mol. The Kier molecular flexibility index (Phi) is 12.9. The maximum Gasteiger partial charge on any atom is 0.316 e. The number of amides is 6. The van der Waals surface area contributed by atoms with Crippen molar-refractivity contribution in [3.8, 4) is 0 Å². The Morgan fingerprint density at radius 1 is 0.820 bits per heavy atom. The highest BCUT2D eigenvalue weighted by Gasteiger charge is 2.48. The van der Waals surface area contributed by atoms with Crippen LogP contribution in [0.2, 0.25) is 0 Å². The van der Waals surface area contributed by atoms with Gasteiger partial charge in [-0.2, -0.15) is 0 Å². The Hall–Kier alpha value is -3.96. The molecule has 1 aromatic rings. The summed E-state index contributed by atoms with van der Waals surface area (Å²) in [6.45, 7) is 19.0. The highest BCUT2D eigenvalue weighted by molar-refractivity contribution is 6.37. The third kappa shape index (κ3) is 10.1. The molecule has 0 bridgehead atoms. The molecule has 1 saturated carbocycles. The Labute approximate surface area is 297 Å². The minimum Gasteiger partial charge on any atom is -0.363 e. The van der Waals surface area contributed by atoms with E-state index in [4.69, 9.17) is 5.73 Å². The molecule has 1 aromatic carbocycles. The number of benzene rings is 1. The Bertz CT molecular complexity index is 1410. The van der Waals surface area contributed by atoms with Crippen LogP contribution in [0.4, 0.5) is 4.79 Å². The molecule has 3 rings (SSSR count). The maximum absolute atomic E-state index is 14.4. The first kappa shape index (κ1) is 40.5. The molecule has 0 radical (unpaired) electrons. The van der Waals surface area contributed by atoms with Crippen LogP contribution in [0.1, 0.15) is 107 Å². The van der Waals surface area contributed by atoms with Crippen molar-refractivity contribution in [2.75, 3.05) is 6.54 Å². The van der Waals surface area contributed by atoms with E-state index in [9.17, 15) is 28.8 Å². The molecule has 6 N–H and O–H groups in total. The molecule has 50 heavy (non-hydrogen) atoms. The molecular formula is C38H60N6O6. The Morgan fingerprint density at radius 3 is 1.86 bits per heavy atom. The van der Waals surface area contributed by atoms with Gasteiger partial charge in [0.2, 0.25) is 23.5 Å². The van der Waals surface area contributed by atoms with Gasteiger partial charge in [0.15, 0.2) is 0 Å². The summed E-state index contributed by atoms with van der Waals surface area (Å²) in [5.74, 6) is -3.29. The van der Waals surface area contributed by atoms with Gasteiger partial charge in [0.25, 0.3) is 5.91 Å². The van der Waals surface area contributed by atoms with E-state index in [1.54, 1.807) is 0 Å². The Morgan fingerprint density at radius 2 is 1.38 bits per heavy atom. The number of carbonyl (C=O) groups excluding carboxylic acids is 6. The van der Waals surface area contributed by atoms with Crippen LogP contribution < -0.4 is 27.0 Å². The third-order valence-corrected chi connectivity index (χ3v) is 10.2. The molecule has 12 heteroatoms. The van der Waals surface area contributed by atoms with Crippen molar-refractivity contribution in [2.45, 2.75) is 131 Å². The molecule has 1 heterocycles. The van der Waals surface area contributed by atoms with Crippen molar-refractivity contribution in [3.63, 3.8) is 0 Å². The first-order chi connectivity index (χ1) is 23.0. The highest BCUT2D eigenvalue weighted by Crippen LogP contribution is 2.35. The fourth-order valence-corrected chi connectivity index (χ4v) is 6.92. The van der Waals surface area contributed by atoms with Gasteiger partial charge >= 0.3 is 6.03 Å². The second kappa shape index (κ2) is 15.9. The summed E-state index contributed by atoms with van der Waals surface area (Å²) >= 11 is 0. The van der Waals surface area contributed by atoms with Crippen molar-refractivity contribution < 1.29 is 28.8 Å². The lowest BCUT2D eigenvalue weighted by atomic mass is 9.80. The second-order valence-corrected chi connectivity index (χ2v) is 17.2. The van der Waals surface area contributed by atoms with Gasteiger partial charge in [-0.25, -0.2) is 4.79 Å². The summed E-state index contributed by atoms with van der Waals surface area (Å²) < 4.78 is 0. The van der Waals surface area contributed by atoms with Crippen LogP contribution in [0, 0.1) is 28.6 Å². The predicted molar refractivity (Wildman–Crippen MR) is 192 cm³/mol. The Balaban J connectivity index is 1.84. The molecule has 5 atom stereocenters. The number of likely N-dealkylation sites (tertiary alicyclic amines) is 1. The fraction of sp³-hybridized carbons (Fsp3) is 0.684. The molecule has 278 valence electrons. The minimum absolute atomic E-state index is 0.0241. The normalized spacial score (nSPS) is 20.3. The number of nitrogens with one attached hydrogen (secondary N) is 4. The van der Waals surface area contributed by atoms with Gasteiger partial charge in [-0.3, -0.25) is 24.0 Å². The van der Waals surface area contributed by atoms with Gasteiger partial charge in [-0.15, -0.1) is 0 Å². The van der Waals surface area contributed by atoms with Gasteiger partial charge in [-0.05, 0) is 60.8 Å². The second-order valence-electron chi connectivity index (χ2n) is 17.2. The summed E-state index contributed by atoms with van der Waals surface area (Å²) in [6, 6.07) is 4.84. The van der Waals surface area contributed by atoms with Gasteiger partial charge in [-0.1, -0.05) is 105 Å². The molecule has 0 spiro atoms. The fourth-order valence-electron chi connectivity index (χ4n) is 6.92. The highest BCUT2D eigenvalue weighted by atomic mass is 16.2. The summed E-state index contributed by atoms with van der Waals surface area (Å²) in [6.07, 6.45) is 3.70. The van der Waals surface area contributed by atoms with Crippen LogP contribution in [0.5, 0.6) is 0 Å². The lowest BCUT2D eigenvalue weighted by Gasteiger charge is -2.38. The molecule has 1 saturated heterocycles. The number of urea groups is 1. The van der Waals surface area contributed by atoms with Crippen LogP contribution in [-0.2, 0) is 29.5 Å². The van der Waals surface area contributed by atoms with Crippen LogP contribution in [0.25, 0.3) is 0 Å². The van der Waals surface area contributed by atoms with Gasteiger partial charge in [0, 0.05) is 6.54 Å². The summed E-state index contributed by atoms with van der Waals surface area (Å²) in [7, 11) is 0. The summed E-state index contributed by atoms with van der Waals surface area (Å²) in [5, 5.41) is 11.5. The van der Waals surface area contributed by atoms with Gasteiger partial charge in [0.1, 0.15) is 18.1 Å². The molecular weight excluding hydrogens is 636 g/mol. The van der Waals surface area contributed by atoms with Crippen LogP contribution >= 0.6 is 0 Å². The molecule has 12 nitrogen and oxygen atoms in total. The van der Waals surface area contributed by atoms with E-state index in [1.165, 1.54) is 4.90 Å². The molecule has 2 aliphatic rings. The van der Waals surface area contributed by atoms with Crippen molar-refractivity contribution in [1.29, 1.82) is 0 Å². The minimum atomic E-state index is -1.11. The first-order valence-electron chi connectivity index (χ1n) is 17.9. The van der Waals surface area contributed by atoms with E-state index in [0.717, 1.165) is 24.8 Å². The van der Waals surface area contributed by atoms with Gasteiger partial charge < -0.3 is 31.9 Å². The van der Waals surface area contributed by atoms with E-state index >= 15 is 0 Å². The van der Waals surface area contributed by atoms with Crippen molar-refractivity contribution in [2.24, 2.45) is 34.3 Å². The molecule has 0 aromatic heterocycles. The van der Waals surface area contributed by atoms with Crippen LogP contribution in [0.3, 0.4) is 0 Å². The number of primary amides is 1. The molecule has 1 aliphatic carbocycles. The number of hydrogen-bond donors (Lipinski definition) is 5. The number of carbonyl (C=O) groups is 6. The van der Waals surface area contributed by atoms with Crippen molar-refractivity contribution in [1.82, 2.24) is 26.2 Å². The van der Waals surface area contributed by atoms with Gasteiger partial charge in [0.05, 0.1) is 11.6 Å². The zero-order valence-electron chi connectivity index (χ0n) is 31.6. The summed E-state index contributed by atoms with van der Waals surface area (Å²) in [4.78, 5) is 81.9. The average Bonchev–Trinajstić information content (AvgIpc) is 3.44. The molecule has 2 fully saturated rings. The quantitative estimate of drug-likeness (QED) is 0.196. The third-order valence-electron chi connectivity index (χ3n) is 10.2. The summed E-state index contributed by atoms with van der Waals surface area (Å²) in [5.41, 5.74) is 4.06. The van der Waals surface area contributed by atoms with E-state index in [-0.39, 0.29) is 30.2 Å². The topological polar surface area (TPSA) is 180 Å². The number of Topliss-reactive ketones (excluding diaryl/α,β-unsaturated/α-hetero) is 1. The van der Waals surface area contributed by atoms with E-state index in [1.807, 2.05) is 99.6 Å². The smallest absolute Gasteiger partial charge is 0.316 e. The monoisotopic (exact) mass is 696 g/mol. The first-order valence-corrected chi connectivity index (χ1v) is 17.9. The standard InChI is InChI=1S/C38H60N6O6/c1-22(2)25-19-20-44(27(25)32(47)40-26(28(45)31(39)46)21-23-15-14-16-23)34(49)30(37(6,7)8)42-35(50)41-29(36(3,4)5)33(48)43-38(9,10)24-17-12-11-13-18-24/h11-13,17-18,22-23,25-27,29-30H,14-16,19-21H2,1-10H3,(H2,39,46)(H,40,47)(H,43,48)(H2,41,42,50)/t25-,26?,27+,29-,30-/m1/s1. The number of nitrogens with zero attached hydrogens (tertiary/aromatic N) is 1. The molecule has 1 aliphatic heterocycles. The number of rotatable bonds is 13. The molecule has 6 amide bonds. The zero-order chi connectivity index (χ0) is 37.8. The van der Waals surface area contributed by atoms with Crippen molar-refractivity contribution >= 4 is 35.4 Å². The van der Waals surface area contributed by atoms with E-state index < -0.39 is 70.1 Å². The van der Waals surface area contributed by atoms with Crippen molar-refractivity contribution in [3.05, 3.63) is 35.9 Å². The SMILES string of the molecule is CC(C)[C@H]1CCN(C(=O)[C@@H](NC(=O)N[C@H](C(=O)NC(C)(C)c2ccccc2)C(C)(C)C)C(C)(C)C)[C@@H]1C(=O)NC(CC1CCC1)C(=O)C(N)=O. The van der Waals surface area contributed by atoms with E-state index in [2.05, 4.69) is 21.3 Å². The van der Waals surface area contributed by atoms with Crippen LogP contribution in [0.15, 0.2) is 30.3 Å².